The molecule has 4 aromatic rings. The number of hydrogen-bond acceptors (Lipinski definition) is 8. The van der Waals surface area contributed by atoms with Gasteiger partial charge in [-0.15, -0.1) is 10.2 Å². The van der Waals surface area contributed by atoms with Crippen LogP contribution in [0, 0.1) is 0 Å². The van der Waals surface area contributed by atoms with Crippen molar-refractivity contribution in [1.29, 1.82) is 0 Å². The molecule has 11 nitrogen and oxygen atoms in total. The first-order valence-corrected chi connectivity index (χ1v) is 12.5. The van der Waals surface area contributed by atoms with Gasteiger partial charge >= 0.3 is 0 Å². The van der Waals surface area contributed by atoms with Crippen LogP contribution in [0.25, 0.3) is 16.8 Å². The van der Waals surface area contributed by atoms with Gasteiger partial charge in [0.05, 0.1) is 23.6 Å². The molecule has 0 radical (unpaired) electrons. The number of benzene rings is 1. The minimum atomic E-state index is -0.561. The van der Waals surface area contributed by atoms with Crippen LogP contribution in [0.4, 0.5) is 5.82 Å². The normalized spacial score (nSPS) is 21.9. The summed E-state index contributed by atoms with van der Waals surface area (Å²) in [6, 6.07) is 7.63. The Balaban J connectivity index is 1.40. The smallest absolute Gasteiger partial charge is 0.292 e. The molecule has 1 aromatic carbocycles. The van der Waals surface area contributed by atoms with Crippen molar-refractivity contribution in [1.82, 2.24) is 34.7 Å². The summed E-state index contributed by atoms with van der Waals surface area (Å²) in [6.07, 6.45) is 5.70. The first kappa shape index (κ1) is 23.3. The lowest BCUT2D eigenvalue weighted by Crippen LogP contribution is -2.46. The second kappa shape index (κ2) is 8.77. The minimum absolute atomic E-state index is 0.0251. The molecule has 0 unspecified atom stereocenters. The zero-order chi connectivity index (χ0) is 25.8. The van der Waals surface area contributed by atoms with E-state index in [-0.39, 0.29) is 41.3 Å². The molecule has 4 N–H and O–H groups in total. The van der Waals surface area contributed by atoms with E-state index < -0.39 is 6.10 Å². The fourth-order valence-electron chi connectivity index (χ4n) is 6.00. The molecule has 1 amide bonds. The van der Waals surface area contributed by atoms with E-state index in [0.29, 0.717) is 29.7 Å². The molecule has 2 saturated heterocycles. The standard InChI is InChI=1S/C26H28N8O3/c1-13(35)15-3-5-16(6-4-15)20-11-30-34-23(27)21(14(2)36)22(31-25(20)34)17-9-18-7-8-19(10-17)33(18)26(37)24-28-12-29-32-24/h3-6,11-13,17-19,35H,7-10,27H2,1-2H3,(H,28,29,32)/t13-,17-,18+,19-/m0/s1. The maximum Gasteiger partial charge on any atom is 0.292 e. The highest BCUT2D eigenvalue weighted by Crippen LogP contribution is 2.45. The molecule has 2 aliphatic heterocycles. The Kier molecular flexibility index (Phi) is 5.52. The number of ketones is 1. The van der Waals surface area contributed by atoms with E-state index in [1.807, 2.05) is 29.2 Å². The third-order valence-corrected chi connectivity index (χ3v) is 7.74. The van der Waals surface area contributed by atoms with E-state index in [4.69, 9.17) is 10.7 Å². The highest BCUT2D eigenvalue weighted by molar-refractivity contribution is 6.00. The number of nitrogens with zero attached hydrogens (tertiary/aromatic N) is 6. The molecular weight excluding hydrogens is 472 g/mol. The highest BCUT2D eigenvalue weighted by atomic mass is 16.3. The van der Waals surface area contributed by atoms with E-state index in [2.05, 4.69) is 20.3 Å². The summed E-state index contributed by atoms with van der Waals surface area (Å²) < 4.78 is 1.52. The molecule has 2 fully saturated rings. The molecule has 37 heavy (non-hydrogen) atoms. The molecule has 0 aliphatic carbocycles. The Morgan fingerprint density at radius 2 is 1.86 bits per heavy atom. The Bertz CT molecular complexity index is 1480. The van der Waals surface area contributed by atoms with Crippen LogP contribution in [0.3, 0.4) is 0 Å². The van der Waals surface area contributed by atoms with Gasteiger partial charge in [0.15, 0.2) is 11.4 Å². The lowest BCUT2D eigenvalue weighted by molar-refractivity contribution is 0.0556. The SMILES string of the molecule is CC(=O)c1c([C@H]2C[C@H]3CC[C@@H](C2)N3C(=O)c2nnc[nH]2)nc2c(-c3ccc([C@H](C)O)cc3)cnn2c1N. The van der Waals surface area contributed by atoms with Gasteiger partial charge in [-0.05, 0) is 50.7 Å². The Hall–Kier alpha value is -4.12. The van der Waals surface area contributed by atoms with Crippen molar-refractivity contribution in [3.05, 3.63) is 59.4 Å². The number of aliphatic hydroxyl groups is 1. The topological polar surface area (TPSA) is 155 Å². The zero-order valence-electron chi connectivity index (χ0n) is 20.6. The van der Waals surface area contributed by atoms with Crippen molar-refractivity contribution in [3.8, 4) is 11.1 Å². The first-order chi connectivity index (χ1) is 17.8. The van der Waals surface area contributed by atoms with Crippen LogP contribution in [0.5, 0.6) is 0 Å². The zero-order valence-corrected chi connectivity index (χ0v) is 20.6. The lowest BCUT2D eigenvalue weighted by Gasteiger charge is -2.38. The number of anilines is 1. The van der Waals surface area contributed by atoms with Crippen molar-refractivity contribution in [2.24, 2.45) is 0 Å². The number of aromatic nitrogens is 6. The van der Waals surface area contributed by atoms with Crippen molar-refractivity contribution >= 4 is 23.2 Å². The predicted octanol–water partition coefficient (Wildman–Crippen LogP) is 2.90. The number of rotatable bonds is 5. The number of fused-ring (bicyclic) bond motifs is 3. The lowest BCUT2D eigenvalue weighted by atomic mass is 9.85. The van der Waals surface area contributed by atoms with Crippen molar-refractivity contribution in [2.75, 3.05) is 5.73 Å². The van der Waals surface area contributed by atoms with E-state index in [1.165, 1.54) is 17.8 Å². The molecule has 3 aromatic heterocycles. The van der Waals surface area contributed by atoms with Gasteiger partial charge < -0.3 is 20.7 Å². The van der Waals surface area contributed by atoms with Crippen LogP contribution in [-0.2, 0) is 0 Å². The van der Waals surface area contributed by atoms with Crippen molar-refractivity contribution < 1.29 is 14.7 Å². The molecule has 2 bridgehead atoms. The molecule has 0 saturated carbocycles. The number of carbonyl (C=O) groups is 2. The van der Waals surface area contributed by atoms with Crippen LogP contribution >= 0.6 is 0 Å². The summed E-state index contributed by atoms with van der Waals surface area (Å²) in [5.74, 6) is 0.188. The van der Waals surface area contributed by atoms with E-state index in [9.17, 15) is 14.7 Å². The third-order valence-electron chi connectivity index (χ3n) is 7.74. The van der Waals surface area contributed by atoms with Crippen molar-refractivity contribution in [3.63, 3.8) is 0 Å². The number of aromatic amines is 1. The third kappa shape index (κ3) is 3.77. The van der Waals surface area contributed by atoms with Crippen LogP contribution in [-0.4, -0.2) is 63.6 Å². The number of piperidine rings is 1. The largest absolute Gasteiger partial charge is 0.389 e. The first-order valence-electron chi connectivity index (χ1n) is 12.5. The summed E-state index contributed by atoms with van der Waals surface area (Å²) in [5.41, 5.74) is 10.7. The highest BCUT2D eigenvalue weighted by Gasteiger charge is 2.45. The number of hydrogen-bond donors (Lipinski definition) is 3. The Labute approximate surface area is 212 Å². The van der Waals surface area contributed by atoms with Crippen molar-refractivity contribution in [2.45, 2.75) is 63.6 Å². The molecule has 190 valence electrons. The van der Waals surface area contributed by atoms with Gasteiger partial charge in [0, 0.05) is 23.6 Å². The number of amides is 1. The van der Waals surface area contributed by atoms with Crippen LogP contribution < -0.4 is 5.73 Å². The number of Topliss-reactive ketones (excluding diaryl/α,β-unsaturated/α-hetero) is 1. The maximum absolute atomic E-state index is 13.1. The molecule has 6 rings (SSSR count). The quantitative estimate of drug-likeness (QED) is 0.353. The van der Waals surface area contributed by atoms with E-state index >= 15 is 0 Å². The second-order valence-corrected chi connectivity index (χ2v) is 10.0. The summed E-state index contributed by atoms with van der Waals surface area (Å²) in [5, 5.41) is 22.0. The summed E-state index contributed by atoms with van der Waals surface area (Å²) in [7, 11) is 0. The van der Waals surface area contributed by atoms with Gasteiger partial charge in [0.2, 0.25) is 5.82 Å². The molecule has 2 aliphatic rings. The number of nitrogens with one attached hydrogen (secondary N) is 1. The minimum Gasteiger partial charge on any atom is -0.389 e. The fraction of sp³-hybridized carbons (Fsp3) is 0.385. The number of nitrogen functional groups attached to an aromatic ring is 1. The summed E-state index contributed by atoms with van der Waals surface area (Å²) in [6.45, 7) is 3.22. The van der Waals surface area contributed by atoms with Gasteiger partial charge in [0.25, 0.3) is 5.91 Å². The Morgan fingerprint density at radius 3 is 2.46 bits per heavy atom. The van der Waals surface area contributed by atoms with Crippen LogP contribution in [0.1, 0.15) is 83.8 Å². The molecule has 11 heteroatoms. The summed E-state index contributed by atoms with van der Waals surface area (Å²) >= 11 is 0. The van der Waals surface area contributed by atoms with Gasteiger partial charge in [-0.25, -0.2) is 4.98 Å². The van der Waals surface area contributed by atoms with Crippen LogP contribution in [0.15, 0.2) is 36.8 Å². The number of H-pyrrole nitrogens is 1. The fourth-order valence-corrected chi connectivity index (χ4v) is 6.00. The average molecular weight is 501 g/mol. The van der Waals surface area contributed by atoms with Gasteiger partial charge in [-0.3, -0.25) is 9.59 Å². The van der Waals surface area contributed by atoms with E-state index in [1.54, 1.807) is 13.1 Å². The number of nitrogens with two attached hydrogens (primary N) is 1. The van der Waals surface area contributed by atoms with Gasteiger partial charge in [-0.1, -0.05) is 24.3 Å². The molecular formula is C26H28N8O3. The molecule has 4 atom stereocenters. The molecule has 5 heterocycles. The maximum atomic E-state index is 13.1. The number of carbonyl (C=O) groups excluding carboxylic acids is 2. The van der Waals surface area contributed by atoms with E-state index in [0.717, 1.165) is 29.5 Å². The summed E-state index contributed by atoms with van der Waals surface area (Å²) in [4.78, 5) is 35.6. The van der Waals surface area contributed by atoms with Crippen LogP contribution in [0.2, 0.25) is 0 Å². The number of aliphatic hydroxyl groups excluding tert-OH is 1. The average Bonchev–Trinajstić information content (AvgIpc) is 3.62. The monoisotopic (exact) mass is 500 g/mol. The second-order valence-electron chi connectivity index (χ2n) is 10.0. The predicted molar refractivity (Wildman–Crippen MR) is 135 cm³/mol. The molecule has 0 spiro atoms. The Morgan fingerprint density at radius 1 is 1.16 bits per heavy atom. The van der Waals surface area contributed by atoms with Gasteiger partial charge in [0.1, 0.15) is 12.1 Å². The van der Waals surface area contributed by atoms with Gasteiger partial charge in [-0.2, -0.15) is 9.61 Å².